The minimum Gasteiger partial charge on any atom is -0.313 e. The van der Waals surface area contributed by atoms with Crippen LogP contribution in [0.3, 0.4) is 0 Å². The largest absolute Gasteiger partial charge is 0.313 e. The van der Waals surface area contributed by atoms with Crippen LogP contribution in [0.4, 0.5) is 0 Å². The SMILES string of the molecule is CC(C)N(Cc1ccncn1)CC1CCCN1. The second-order valence-corrected chi connectivity index (χ2v) is 5.02. The van der Waals surface area contributed by atoms with Gasteiger partial charge in [-0.05, 0) is 39.3 Å². The molecule has 1 aromatic heterocycles. The highest BCUT2D eigenvalue weighted by molar-refractivity contribution is 4.98. The first-order valence-electron chi connectivity index (χ1n) is 6.48. The van der Waals surface area contributed by atoms with Crippen LogP contribution in [0, 0.1) is 0 Å². The summed E-state index contributed by atoms with van der Waals surface area (Å²) in [6.07, 6.45) is 6.05. The van der Waals surface area contributed by atoms with Crippen molar-refractivity contribution in [3.8, 4) is 0 Å². The maximum atomic E-state index is 4.30. The Morgan fingerprint density at radius 3 is 3.00 bits per heavy atom. The minimum atomic E-state index is 0.548. The molecule has 1 unspecified atom stereocenters. The van der Waals surface area contributed by atoms with Crippen molar-refractivity contribution in [2.75, 3.05) is 13.1 Å². The van der Waals surface area contributed by atoms with E-state index in [0.29, 0.717) is 12.1 Å². The zero-order valence-electron chi connectivity index (χ0n) is 10.8. The highest BCUT2D eigenvalue weighted by atomic mass is 15.2. The fourth-order valence-corrected chi connectivity index (χ4v) is 2.27. The molecule has 4 nitrogen and oxygen atoms in total. The summed E-state index contributed by atoms with van der Waals surface area (Å²) in [7, 11) is 0. The number of hydrogen-bond acceptors (Lipinski definition) is 4. The minimum absolute atomic E-state index is 0.548. The van der Waals surface area contributed by atoms with E-state index in [-0.39, 0.29) is 0 Å². The van der Waals surface area contributed by atoms with E-state index in [4.69, 9.17) is 0 Å². The van der Waals surface area contributed by atoms with Crippen LogP contribution in [-0.2, 0) is 6.54 Å². The Labute approximate surface area is 103 Å². The molecule has 0 spiro atoms. The molecule has 94 valence electrons. The van der Waals surface area contributed by atoms with Crippen molar-refractivity contribution < 1.29 is 0 Å². The molecule has 1 aromatic rings. The van der Waals surface area contributed by atoms with Gasteiger partial charge >= 0.3 is 0 Å². The van der Waals surface area contributed by atoms with E-state index in [1.165, 1.54) is 19.4 Å². The van der Waals surface area contributed by atoms with E-state index in [9.17, 15) is 0 Å². The summed E-state index contributed by atoms with van der Waals surface area (Å²) in [6.45, 7) is 7.69. The Hall–Kier alpha value is -1.00. The average Bonchev–Trinajstić information content (AvgIpc) is 2.82. The summed E-state index contributed by atoms with van der Waals surface area (Å²) in [6, 6.07) is 3.20. The molecular formula is C13H22N4. The molecule has 0 aliphatic carbocycles. The average molecular weight is 234 g/mol. The van der Waals surface area contributed by atoms with Crippen molar-refractivity contribution in [3.05, 3.63) is 24.3 Å². The third-order valence-corrected chi connectivity index (χ3v) is 3.36. The van der Waals surface area contributed by atoms with Crippen LogP contribution >= 0.6 is 0 Å². The van der Waals surface area contributed by atoms with Gasteiger partial charge in [0.2, 0.25) is 0 Å². The van der Waals surface area contributed by atoms with Gasteiger partial charge in [0.25, 0.3) is 0 Å². The van der Waals surface area contributed by atoms with Crippen LogP contribution < -0.4 is 5.32 Å². The molecule has 1 fully saturated rings. The molecule has 0 amide bonds. The van der Waals surface area contributed by atoms with Gasteiger partial charge in [-0.25, -0.2) is 9.97 Å². The molecule has 0 bridgehead atoms. The summed E-state index contributed by atoms with van der Waals surface area (Å²) in [5, 5.41) is 3.55. The van der Waals surface area contributed by atoms with E-state index in [1.807, 2.05) is 12.3 Å². The molecule has 1 saturated heterocycles. The quantitative estimate of drug-likeness (QED) is 0.837. The number of nitrogens with zero attached hydrogens (tertiary/aromatic N) is 3. The monoisotopic (exact) mass is 234 g/mol. The van der Waals surface area contributed by atoms with Crippen molar-refractivity contribution in [1.82, 2.24) is 20.2 Å². The molecular weight excluding hydrogens is 212 g/mol. The van der Waals surface area contributed by atoms with Crippen LogP contribution in [0.25, 0.3) is 0 Å². The second kappa shape index (κ2) is 6.07. The van der Waals surface area contributed by atoms with E-state index in [0.717, 1.165) is 18.8 Å². The molecule has 0 radical (unpaired) electrons. The van der Waals surface area contributed by atoms with Gasteiger partial charge in [0.15, 0.2) is 0 Å². The highest BCUT2D eigenvalue weighted by Gasteiger charge is 2.19. The molecule has 2 rings (SSSR count). The predicted octanol–water partition coefficient (Wildman–Crippen LogP) is 1.44. The summed E-state index contributed by atoms with van der Waals surface area (Å²) >= 11 is 0. The molecule has 1 atom stereocenters. The van der Waals surface area contributed by atoms with Crippen molar-refractivity contribution in [3.63, 3.8) is 0 Å². The van der Waals surface area contributed by atoms with Gasteiger partial charge < -0.3 is 5.32 Å². The Morgan fingerprint density at radius 2 is 2.41 bits per heavy atom. The van der Waals surface area contributed by atoms with Crippen LogP contribution in [0.2, 0.25) is 0 Å². The molecule has 0 aromatic carbocycles. The van der Waals surface area contributed by atoms with Crippen molar-refractivity contribution >= 4 is 0 Å². The Kier molecular flexibility index (Phi) is 4.45. The van der Waals surface area contributed by atoms with Crippen molar-refractivity contribution in [2.24, 2.45) is 0 Å². The van der Waals surface area contributed by atoms with Gasteiger partial charge in [0.1, 0.15) is 6.33 Å². The van der Waals surface area contributed by atoms with Gasteiger partial charge in [0, 0.05) is 31.4 Å². The van der Waals surface area contributed by atoms with E-state index < -0.39 is 0 Å². The van der Waals surface area contributed by atoms with Gasteiger partial charge in [0.05, 0.1) is 5.69 Å². The lowest BCUT2D eigenvalue weighted by Crippen LogP contribution is -2.40. The number of nitrogens with one attached hydrogen (secondary N) is 1. The van der Waals surface area contributed by atoms with Gasteiger partial charge in [-0.3, -0.25) is 4.90 Å². The lowest BCUT2D eigenvalue weighted by molar-refractivity contribution is 0.192. The fourth-order valence-electron chi connectivity index (χ4n) is 2.27. The maximum absolute atomic E-state index is 4.30. The number of aromatic nitrogens is 2. The lowest BCUT2D eigenvalue weighted by Gasteiger charge is -2.28. The lowest BCUT2D eigenvalue weighted by atomic mass is 10.2. The first-order chi connectivity index (χ1) is 8.25. The Morgan fingerprint density at radius 1 is 1.53 bits per heavy atom. The molecule has 17 heavy (non-hydrogen) atoms. The van der Waals surface area contributed by atoms with Crippen LogP contribution in [0.1, 0.15) is 32.4 Å². The standard InChI is InChI=1S/C13H22N4/c1-11(2)17(8-12-4-3-6-15-12)9-13-5-7-14-10-16-13/h5,7,10-12,15H,3-4,6,8-9H2,1-2H3. The third-order valence-electron chi connectivity index (χ3n) is 3.36. The first-order valence-corrected chi connectivity index (χ1v) is 6.48. The second-order valence-electron chi connectivity index (χ2n) is 5.02. The van der Waals surface area contributed by atoms with Crippen molar-refractivity contribution in [2.45, 2.75) is 45.3 Å². The van der Waals surface area contributed by atoms with Crippen molar-refractivity contribution in [1.29, 1.82) is 0 Å². The van der Waals surface area contributed by atoms with E-state index >= 15 is 0 Å². The van der Waals surface area contributed by atoms with Crippen LogP contribution in [0.15, 0.2) is 18.6 Å². The fraction of sp³-hybridized carbons (Fsp3) is 0.692. The smallest absolute Gasteiger partial charge is 0.115 e. The first kappa shape index (κ1) is 12.5. The summed E-state index contributed by atoms with van der Waals surface area (Å²) in [4.78, 5) is 10.7. The molecule has 4 heteroatoms. The zero-order chi connectivity index (χ0) is 12.1. The van der Waals surface area contributed by atoms with Crippen LogP contribution in [-0.4, -0.2) is 40.0 Å². The molecule has 1 aliphatic heterocycles. The van der Waals surface area contributed by atoms with E-state index in [1.54, 1.807) is 6.33 Å². The molecule has 1 aliphatic rings. The van der Waals surface area contributed by atoms with Gasteiger partial charge in [-0.2, -0.15) is 0 Å². The van der Waals surface area contributed by atoms with Gasteiger partial charge in [-0.15, -0.1) is 0 Å². The van der Waals surface area contributed by atoms with Crippen LogP contribution in [0.5, 0.6) is 0 Å². The summed E-state index contributed by atoms with van der Waals surface area (Å²) in [5.74, 6) is 0. The predicted molar refractivity (Wildman–Crippen MR) is 68.6 cm³/mol. The normalized spacial score (nSPS) is 20.4. The summed E-state index contributed by atoms with van der Waals surface area (Å²) < 4.78 is 0. The topological polar surface area (TPSA) is 41.1 Å². The van der Waals surface area contributed by atoms with Gasteiger partial charge in [-0.1, -0.05) is 0 Å². The molecule has 2 heterocycles. The highest BCUT2D eigenvalue weighted by Crippen LogP contribution is 2.11. The number of hydrogen-bond donors (Lipinski definition) is 1. The maximum Gasteiger partial charge on any atom is 0.115 e. The molecule has 0 saturated carbocycles. The van der Waals surface area contributed by atoms with E-state index in [2.05, 4.69) is 34.0 Å². The summed E-state index contributed by atoms with van der Waals surface area (Å²) in [5.41, 5.74) is 1.10. The Balaban J connectivity index is 1.92. The number of rotatable bonds is 5. The molecule has 1 N–H and O–H groups in total. The zero-order valence-corrected chi connectivity index (χ0v) is 10.8. The Bertz CT molecular complexity index is 319. The third kappa shape index (κ3) is 3.75.